The number of nitrogens with zero attached hydrogens (tertiary/aromatic N) is 2. The number of aromatic amines is 1. The van der Waals surface area contributed by atoms with E-state index < -0.39 is 0 Å². The monoisotopic (exact) mass is 514 g/mol. The van der Waals surface area contributed by atoms with Crippen LogP contribution in [-0.4, -0.2) is 47.8 Å². The number of pyridine rings is 1. The summed E-state index contributed by atoms with van der Waals surface area (Å²) < 4.78 is 10.8. The number of H-pyrrole nitrogens is 1. The van der Waals surface area contributed by atoms with Gasteiger partial charge in [0.05, 0.1) is 19.7 Å². The van der Waals surface area contributed by atoms with Gasteiger partial charge in [-0.15, -0.1) is 0 Å². The fourth-order valence-electron chi connectivity index (χ4n) is 4.72. The molecule has 1 fully saturated rings. The molecule has 2 atom stereocenters. The lowest BCUT2D eigenvalue weighted by molar-refractivity contribution is -0.105. The van der Waals surface area contributed by atoms with Gasteiger partial charge in [-0.2, -0.15) is 5.10 Å². The minimum Gasteiger partial charge on any atom is -0.497 e. The Morgan fingerprint density at radius 2 is 1.87 bits per heavy atom. The van der Waals surface area contributed by atoms with E-state index in [9.17, 15) is 9.59 Å². The van der Waals surface area contributed by atoms with Crippen LogP contribution in [0.5, 0.6) is 11.6 Å². The van der Waals surface area contributed by atoms with Crippen molar-refractivity contribution in [2.24, 2.45) is 0 Å². The summed E-state index contributed by atoms with van der Waals surface area (Å²) in [5, 5.41) is 17.4. The number of ether oxygens (including phenoxy) is 2. The number of anilines is 3. The fourth-order valence-corrected chi connectivity index (χ4v) is 4.72. The molecule has 0 radical (unpaired) electrons. The predicted octanol–water partition coefficient (Wildman–Crippen LogP) is 4.70. The van der Waals surface area contributed by atoms with Gasteiger partial charge >= 0.3 is 0 Å². The Bertz CT molecular complexity index is 1500. The maximum atomic E-state index is 12.3. The molecule has 10 heteroatoms. The average Bonchev–Trinajstić information content (AvgIpc) is 3.62. The van der Waals surface area contributed by atoms with Crippen molar-refractivity contribution in [1.82, 2.24) is 20.5 Å². The van der Waals surface area contributed by atoms with Gasteiger partial charge in [0.1, 0.15) is 17.1 Å². The molecular formula is C28H30N6O4. The van der Waals surface area contributed by atoms with Gasteiger partial charge in [0.2, 0.25) is 12.3 Å². The van der Waals surface area contributed by atoms with Crippen molar-refractivity contribution in [3.8, 4) is 11.6 Å². The number of rotatable bonds is 10. The van der Waals surface area contributed by atoms with Gasteiger partial charge in [-0.05, 0) is 85.7 Å². The van der Waals surface area contributed by atoms with Crippen molar-refractivity contribution in [3.05, 3.63) is 65.4 Å². The maximum Gasteiger partial charge on any atom is 0.270 e. The third-order valence-electron chi connectivity index (χ3n) is 6.64. The van der Waals surface area contributed by atoms with Crippen LogP contribution in [0.2, 0.25) is 0 Å². The summed E-state index contributed by atoms with van der Waals surface area (Å²) in [7, 11) is 3.15. The van der Waals surface area contributed by atoms with E-state index in [1.54, 1.807) is 19.2 Å². The molecule has 0 bridgehead atoms. The van der Waals surface area contributed by atoms with E-state index in [0.29, 0.717) is 29.7 Å². The van der Waals surface area contributed by atoms with E-state index in [1.165, 1.54) is 12.7 Å². The van der Waals surface area contributed by atoms with Gasteiger partial charge in [0.25, 0.3) is 5.91 Å². The number of methoxy groups -OCH3 is 2. The van der Waals surface area contributed by atoms with Gasteiger partial charge in [0.15, 0.2) is 5.82 Å². The molecule has 4 N–H and O–H groups in total. The third kappa shape index (κ3) is 4.97. The van der Waals surface area contributed by atoms with Gasteiger partial charge in [-0.1, -0.05) is 6.07 Å². The number of fused-ring (bicyclic) bond motifs is 1. The topological polar surface area (TPSA) is 130 Å². The molecule has 5 rings (SSSR count). The van der Waals surface area contributed by atoms with Crippen LogP contribution in [0.25, 0.3) is 10.9 Å². The van der Waals surface area contributed by atoms with Crippen LogP contribution in [-0.2, 0) is 4.79 Å². The predicted molar refractivity (Wildman–Crippen MR) is 146 cm³/mol. The first-order chi connectivity index (χ1) is 18.4. The largest absolute Gasteiger partial charge is 0.497 e. The number of carbonyl (C=O) groups excluding carboxylic acids is 2. The Morgan fingerprint density at radius 1 is 1.05 bits per heavy atom. The zero-order chi connectivity index (χ0) is 26.8. The molecule has 0 aliphatic heterocycles. The number of aromatic nitrogens is 3. The molecule has 4 aromatic rings. The first-order valence-corrected chi connectivity index (χ1v) is 12.4. The van der Waals surface area contributed by atoms with Crippen molar-refractivity contribution in [3.63, 3.8) is 0 Å². The summed E-state index contributed by atoms with van der Waals surface area (Å²) >= 11 is 0. The van der Waals surface area contributed by atoms with E-state index >= 15 is 0 Å². The van der Waals surface area contributed by atoms with Crippen molar-refractivity contribution in [2.75, 3.05) is 24.9 Å². The van der Waals surface area contributed by atoms with Crippen LogP contribution in [0, 0.1) is 0 Å². The molecule has 2 aromatic carbocycles. The van der Waals surface area contributed by atoms with Crippen LogP contribution in [0.3, 0.4) is 0 Å². The summed E-state index contributed by atoms with van der Waals surface area (Å²) in [5.74, 6) is 2.04. The Kier molecular flexibility index (Phi) is 6.87. The number of nitrogens with one attached hydrogen (secondary N) is 4. The number of hydrogen-bond donors (Lipinski definition) is 4. The normalized spacial score (nSPS) is 16.2. The zero-order valence-corrected chi connectivity index (χ0v) is 21.7. The second-order valence-corrected chi connectivity index (χ2v) is 9.55. The molecule has 38 heavy (non-hydrogen) atoms. The lowest BCUT2D eigenvalue weighted by Crippen LogP contribution is -2.30. The van der Waals surface area contributed by atoms with Gasteiger partial charge in [0, 0.05) is 17.1 Å². The first kappa shape index (κ1) is 25.1. The Hall–Kier alpha value is -4.60. The summed E-state index contributed by atoms with van der Waals surface area (Å²) in [6.45, 7) is 3.78. The molecule has 2 aromatic heterocycles. The van der Waals surface area contributed by atoms with E-state index in [4.69, 9.17) is 9.47 Å². The summed E-state index contributed by atoms with van der Waals surface area (Å²) in [5.41, 5.74) is 4.83. The lowest BCUT2D eigenvalue weighted by atomic mass is 10.0. The minimum atomic E-state index is -0.260. The lowest BCUT2D eigenvalue weighted by Gasteiger charge is -2.12. The van der Waals surface area contributed by atoms with Crippen LogP contribution >= 0.6 is 0 Å². The Balaban J connectivity index is 1.36. The number of benzene rings is 2. The van der Waals surface area contributed by atoms with E-state index in [-0.39, 0.29) is 23.6 Å². The first-order valence-electron chi connectivity index (χ1n) is 12.4. The molecule has 1 aliphatic carbocycles. The van der Waals surface area contributed by atoms with Crippen LogP contribution in [0.15, 0.2) is 48.5 Å². The molecule has 10 nitrogen and oxygen atoms in total. The standard InChI is InChI=1S/C28H30N6O4/c1-15(2)30-27(36)23-9-10-24(28(32-23)38-4)31-26-18-7-5-16(11-25(18)33-34-26)19-13-20(19)21-12-17(37-3)6-8-22(21)29-14-35/h5-12,14-15,19-20H,13H2,1-4H3,(H,29,35)(H,30,36)(H2,31,33,34). The van der Waals surface area contributed by atoms with Gasteiger partial charge < -0.3 is 25.4 Å². The summed E-state index contributed by atoms with van der Waals surface area (Å²) in [4.78, 5) is 27.8. The summed E-state index contributed by atoms with van der Waals surface area (Å²) in [6, 6.07) is 15.4. The maximum absolute atomic E-state index is 12.3. The second-order valence-electron chi connectivity index (χ2n) is 9.55. The van der Waals surface area contributed by atoms with Gasteiger partial charge in [-0.25, -0.2) is 4.98 Å². The van der Waals surface area contributed by atoms with Crippen molar-refractivity contribution >= 4 is 40.4 Å². The molecule has 2 unspecified atom stereocenters. The van der Waals surface area contributed by atoms with Crippen molar-refractivity contribution < 1.29 is 19.1 Å². The average molecular weight is 515 g/mol. The highest BCUT2D eigenvalue weighted by Crippen LogP contribution is 2.57. The molecular weight excluding hydrogens is 484 g/mol. The third-order valence-corrected chi connectivity index (χ3v) is 6.64. The van der Waals surface area contributed by atoms with E-state index in [2.05, 4.69) is 43.3 Å². The van der Waals surface area contributed by atoms with Crippen LogP contribution in [0.4, 0.5) is 17.2 Å². The highest BCUT2D eigenvalue weighted by atomic mass is 16.5. The quantitative estimate of drug-likeness (QED) is 0.226. The highest BCUT2D eigenvalue weighted by molar-refractivity contribution is 5.94. The molecule has 1 aliphatic rings. The second kappa shape index (κ2) is 10.4. The Labute approximate surface area is 220 Å². The minimum absolute atomic E-state index is 0.00455. The highest BCUT2D eigenvalue weighted by Gasteiger charge is 2.41. The molecule has 1 saturated carbocycles. The molecule has 2 heterocycles. The van der Waals surface area contributed by atoms with Gasteiger partial charge in [-0.3, -0.25) is 14.7 Å². The number of carbonyl (C=O) groups is 2. The van der Waals surface area contributed by atoms with E-state index in [1.807, 2.05) is 38.1 Å². The SMILES string of the molecule is COc1ccc(NC=O)c(C2CC2c2ccc3c(Nc4ccc(C(=O)NC(C)C)nc4OC)n[nH]c3c2)c1. The molecule has 2 amide bonds. The van der Waals surface area contributed by atoms with Crippen molar-refractivity contribution in [2.45, 2.75) is 38.1 Å². The zero-order valence-electron chi connectivity index (χ0n) is 21.7. The number of amides is 2. The van der Waals surface area contributed by atoms with Crippen LogP contribution in [0.1, 0.15) is 53.7 Å². The fraction of sp³-hybridized carbons (Fsp3) is 0.286. The smallest absolute Gasteiger partial charge is 0.270 e. The molecule has 0 spiro atoms. The number of hydrogen-bond acceptors (Lipinski definition) is 7. The van der Waals surface area contributed by atoms with Crippen LogP contribution < -0.4 is 25.4 Å². The molecule has 196 valence electrons. The summed E-state index contributed by atoms with van der Waals surface area (Å²) in [6.07, 6.45) is 1.68. The molecule has 0 saturated heterocycles. The Morgan fingerprint density at radius 3 is 2.61 bits per heavy atom. The van der Waals surface area contributed by atoms with Crippen molar-refractivity contribution in [1.29, 1.82) is 0 Å². The van der Waals surface area contributed by atoms with E-state index in [0.717, 1.165) is 34.3 Å².